The summed E-state index contributed by atoms with van der Waals surface area (Å²) in [7, 11) is 1.37. The van der Waals surface area contributed by atoms with E-state index in [9.17, 15) is 14.4 Å². The first-order valence-corrected chi connectivity index (χ1v) is 11.4. The molecule has 0 aliphatic carbocycles. The lowest BCUT2D eigenvalue weighted by atomic mass is 9.79. The number of esters is 1. The monoisotopic (exact) mass is 441 g/mol. The molecule has 3 amide bonds. The highest BCUT2D eigenvalue weighted by atomic mass is 32.1. The molecule has 0 spiro atoms. The number of thiophene rings is 1. The summed E-state index contributed by atoms with van der Waals surface area (Å²) >= 11 is 1.56. The molecule has 8 heteroatoms. The van der Waals surface area contributed by atoms with Crippen molar-refractivity contribution in [3.8, 4) is 0 Å². The predicted molar refractivity (Wildman–Crippen MR) is 118 cm³/mol. The van der Waals surface area contributed by atoms with E-state index in [1.54, 1.807) is 23.5 Å². The Bertz CT molecular complexity index is 952. The van der Waals surface area contributed by atoms with Crippen LogP contribution in [0, 0.1) is 5.92 Å². The number of likely N-dealkylation sites (tertiary alicyclic amines) is 1. The maximum atomic E-state index is 13.1. The first-order valence-electron chi connectivity index (χ1n) is 10.5. The lowest BCUT2D eigenvalue weighted by Gasteiger charge is -2.39. The molecule has 2 aliphatic heterocycles. The number of rotatable bonds is 6. The summed E-state index contributed by atoms with van der Waals surface area (Å²) in [5, 5.41) is 6.89. The second kappa shape index (κ2) is 8.80. The number of nitrogens with one attached hydrogen (secondary N) is 1. The van der Waals surface area contributed by atoms with Crippen LogP contribution in [0.5, 0.6) is 0 Å². The van der Waals surface area contributed by atoms with E-state index in [4.69, 9.17) is 4.74 Å². The SMILES string of the molecule is COC(=O)c1ccc(CN2CCC([C@]3(C)NC(=O)N(Cc4ccsc4)C3=O)CC2)cc1. The lowest BCUT2D eigenvalue weighted by Crippen LogP contribution is -2.53. The summed E-state index contributed by atoms with van der Waals surface area (Å²) in [5.41, 5.74) is 1.80. The highest BCUT2D eigenvalue weighted by Crippen LogP contribution is 2.34. The summed E-state index contributed by atoms with van der Waals surface area (Å²) in [6.07, 6.45) is 1.68. The molecule has 0 unspecified atom stereocenters. The van der Waals surface area contributed by atoms with Gasteiger partial charge in [-0.2, -0.15) is 11.3 Å². The molecule has 1 aromatic heterocycles. The number of imide groups is 1. The van der Waals surface area contributed by atoms with Crippen LogP contribution >= 0.6 is 11.3 Å². The minimum atomic E-state index is -0.846. The number of hydrogen-bond acceptors (Lipinski definition) is 6. The zero-order valence-corrected chi connectivity index (χ0v) is 18.6. The molecule has 2 saturated heterocycles. The quantitative estimate of drug-likeness (QED) is 0.550. The normalized spacial score (nSPS) is 22.6. The van der Waals surface area contributed by atoms with Crippen LogP contribution in [0.1, 0.15) is 41.3 Å². The van der Waals surface area contributed by atoms with E-state index in [1.165, 1.54) is 12.0 Å². The van der Waals surface area contributed by atoms with Crippen LogP contribution in [0.15, 0.2) is 41.1 Å². The lowest BCUT2D eigenvalue weighted by molar-refractivity contribution is -0.133. The van der Waals surface area contributed by atoms with E-state index in [0.717, 1.165) is 43.6 Å². The molecule has 0 saturated carbocycles. The molecule has 0 radical (unpaired) electrons. The molecule has 7 nitrogen and oxygen atoms in total. The average molecular weight is 442 g/mol. The smallest absolute Gasteiger partial charge is 0.337 e. The zero-order valence-electron chi connectivity index (χ0n) is 17.8. The van der Waals surface area contributed by atoms with Crippen LogP contribution in [-0.4, -0.2) is 53.4 Å². The Morgan fingerprint density at radius 3 is 2.45 bits per heavy atom. The molecule has 4 rings (SSSR count). The van der Waals surface area contributed by atoms with Crippen molar-refractivity contribution in [2.24, 2.45) is 5.92 Å². The summed E-state index contributed by atoms with van der Waals surface area (Å²) in [4.78, 5) is 40.9. The van der Waals surface area contributed by atoms with Gasteiger partial charge in [-0.25, -0.2) is 9.59 Å². The molecule has 164 valence electrons. The number of ether oxygens (including phenoxy) is 1. The van der Waals surface area contributed by atoms with E-state index < -0.39 is 5.54 Å². The maximum Gasteiger partial charge on any atom is 0.337 e. The van der Waals surface area contributed by atoms with Gasteiger partial charge in [0.25, 0.3) is 5.91 Å². The van der Waals surface area contributed by atoms with Gasteiger partial charge in [0.1, 0.15) is 5.54 Å². The van der Waals surface area contributed by atoms with Crippen molar-refractivity contribution in [1.82, 2.24) is 15.1 Å². The van der Waals surface area contributed by atoms with E-state index >= 15 is 0 Å². The second-order valence-electron chi connectivity index (χ2n) is 8.39. The standard InChI is InChI=1S/C23H27N3O4S/c1-23(21(28)26(22(29)24-23)14-17-9-12-31-15-17)19-7-10-25(11-8-19)13-16-3-5-18(6-4-16)20(27)30-2/h3-6,9,12,15,19H,7-8,10-11,13-14H2,1-2H3,(H,24,29)/t23-/m0/s1. The molecule has 2 fully saturated rings. The molecular formula is C23H27N3O4S. The van der Waals surface area contributed by atoms with Gasteiger partial charge in [0.05, 0.1) is 19.2 Å². The van der Waals surface area contributed by atoms with Gasteiger partial charge in [0.15, 0.2) is 0 Å². The van der Waals surface area contributed by atoms with Gasteiger partial charge in [-0.15, -0.1) is 0 Å². The van der Waals surface area contributed by atoms with Gasteiger partial charge in [-0.05, 0) is 78.9 Å². The summed E-state index contributed by atoms with van der Waals surface area (Å²) in [6, 6.07) is 9.10. The number of benzene rings is 1. The third-order valence-corrected chi connectivity index (χ3v) is 7.14. The van der Waals surface area contributed by atoms with Crippen LogP contribution in [0.25, 0.3) is 0 Å². The Morgan fingerprint density at radius 1 is 1.13 bits per heavy atom. The fourth-order valence-electron chi connectivity index (χ4n) is 4.49. The minimum absolute atomic E-state index is 0.106. The van der Waals surface area contributed by atoms with Gasteiger partial charge in [0.2, 0.25) is 0 Å². The first-order chi connectivity index (χ1) is 14.9. The highest BCUT2D eigenvalue weighted by Gasteiger charge is 2.52. The third kappa shape index (κ3) is 4.36. The van der Waals surface area contributed by atoms with Crippen LogP contribution in [-0.2, 0) is 22.6 Å². The minimum Gasteiger partial charge on any atom is -0.465 e. The van der Waals surface area contributed by atoms with Crippen molar-refractivity contribution in [2.45, 2.75) is 38.4 Å². The number of nitrogens with zero attached hydrogens (tertiary/aromatic N) is 2. The fourth-order valence-corrected chi connectivity index (χ4v) is 5.15. The molecule has 31 heavy (non-hydrogen) atoms. The number of hydrogen-bond donors (Lipinski definition) is 1. The Hall–Kier alpha value is -2.71. The summed E-state index contributed by atoms with van der Waals surface area (Å²) in [6.45, 7) is 4.69. The third-order valence-electron chi connectivity index (χ3n) is 6.41. The van der Waals surface area contributed by atoms with Crippen LogP contribution in [0.2, 0.25) is 0 Å². The molecular weight excluding hydrogens is 414 g/mol. The number of piperidine rings is 1. The van der Waals surface area contributed by atoms with Crippen molar-refractivity contribution in [3.63, 3.8) is 0 Å². The maximum absolute atomic E-state index is 13.1. The van der Waals surface area contributed by atoms with E-state index in [-0.39, 0.29) is 23.8 Å². The second-order valence-corrected chi connectivity index (χ2v) is 9.17. The van der Waals surface area contributed by atoms with Crippen LogP contribution in [0.4, 0.5) is 4.79 Å². The van der Waals surface area contributed by atoms with Crippen molar-refractivity contribution in [1.29, 1.82) is 0 Å². The Morgan fingerprint density at radius 2 is 1.84 bits per heavy atom. The molecule has 3 heterocycles. The summed E-state index contributed by atoms with van der Waals surface area (Å²) < 4.78 is 4.74. The molecule has 2 aliphatic rings. The highest BCUT2D eigenvalue weighted by molar-refractivity contribution is 7.07. The van der Waals surface area contributed by atoms with Crippen molar-refractivity contribution >= 4 is 29.2 Å². The number of carbonyl (C=O) groups is 3. The zero-order chi connectivity index (χ0) is 22.0. The first kappa shape index (κ1) is 21.5. The molecule has 1 aromatic carbocycles. The van der Waals surface area contributed by atoms with E-state index in [0.29, 0.717) is 12.1 Å². The number of methoxy groups -OCH3 is 1. The van der Waals surface area contributed by atoms with Gasteiger partial charge >= 0.3 is 12.0 Å². The van der Waals surface area contributed by atoms with Gasteiger partial charge in [-0.1, -0.05) is 12.1 Å². The van der Waals surface area contributed by atoms with E-state index in [2.05, 4.69) is 10.2 Å². The number of urea groups is 1. The van der Waals surface area contributed by atoms with Gasteiger partial charge < -0.3 is 10.1 Å². The Labute approximate surface area is 186 Å². The Kier molecular flexibility index (Phi) is 6.11. The predicted octanol–water partition coefficient (Wildman–Crippen LogP) is 3.26. The molecule has 2 aromatic rings. The summed E-state index contributed by atoms with van der Waals surface area (Å²) in [5.74, 6) is -0.355. The van der Waals surface area contributed by atoms with Gasteiger partial charge in [-0.3, -0.25) is 14.6 Å². The molecule has 1 N–H and O–H groups in total. The van der Waals surface area contributed by atoms with E-state index in [1.807, 2.05) is 35.9 Å². The van der Waals surface area contributed by atoms with Crippen molar-refractivity contribution in [2.75, 3.05) is 20.2 Å². The van der Waals surface area contributed by atoms with Crippen molar-refractivity contribution in [3.05, 3.63) is 57.8 Å². The van der Waals surface area contributed by atoms with Crippen LogP contribution < -0.4 is 5.32 Å². The number of amides is 3. The topological polar surface area (TPSA) is 79.0 Å². The fraction of sp³-hybridized carbons (Fsp3) is 0.435. The molecule has 0 bridgehead atoms. The average Bonchev–Trinajstić information content (AvgIpc) is 3.37. The van der Waals surface area contributed by atoms with Gasteiger partial charge in [0, 0.05) is 6.54 Å². The molecule has 1 atom stereocenters. The Balaban J connectivity index is 1.34. The number of carbonyl (C=O) groups excluding carboxylic acids is 3. The largest absolute Gasteiger partial charge is 0.465 e. The van der Waals surface area contributed by atoms with Crippen molar-refractivity contribution < 1.29 is 19.1 Å². The van der Waals surface area contributed by atoms with Crippen LogP contribution in [0.3, 0.4) is 0 Å².